The minimum absolute atomic E-state index is 0.0273. The van der Waals surface area contributed by atoms with Gasteiger partial charge in [-0.3, -0.25) is 4.79 Å². The fourth-order valence-corrected chi connectivity index (χ4v) is 3.81. The number of hydrogen-bond donors (Lipinski definition) is 1. The van der Waals surface area contributed by atoms with Crippen molar-refractivity contribution >= 4 is 5.78 Å². The predicted molar refractivity (Wildman–Crippen MR) is 91.5 cm³/mol. The Labute approximate surface area is 135 Å². The van der Waals surface area contributed by atoms with E-state index < -0.39 is 5.60 Å². The minimum Gasteiger partial charge on any atom is -0.386 e. The van der Waals surface area contributed by atoms with E-state index in [0.717, 1.165) is 31.3 Å². The lowest BCUT2D eigenvalue weighted by atomic mass is 9.92. The van der Waals surface area contributed by atoms with Crippen molar-refractivity contribution in [3.8, 4) is 0 Å². The Hall–Kier alpha value is -1.15. The lowest BCUT2D eigenvalue weighted by Crippen LogP contribution is -2.22. The molecule has 0 amide bonds. The summed E-state index contributed by atoms with van der Waals surface area (Å²) < 4.78 is 0. The lowest BCUT2D eigenvalue weighted by Gasteiger charge is -2.19. The van der Waals surface area contributed by atoms with Gasteiger partial charge in [-0.15, -0.1) is 0 Å². The highest BCUT2D eigenvalue weighted by Crippen LogP contribution is 2.64. The largest absolute Gasteiger partial charge is 0.386 e. The van der Waals surface area contributed by atoms with Crippen LogP contribution in [0.2, 0.25) is 0 Å². The van der Waals surface area contributed by atoms with Crippen LogP contribution in [-0.2, 0) is 4.79 Å². The van der Waals surface area contributed by atoms with Gasteiger partial charge < -0.3 is 5.11 Å². The number of fused-ring (bicyclic) bond motifs is 1. The maximum atomic E-state index is 12.1. The zero-order valence-corrected chi connectivity index (χ0v) is 14.6. The third kappa shape index (κ3) is 3.78. The molecule has 2 aliphatic carbocycles. The number of hydrogen-bond acceptors (Lipinski definition) is 2. The van der Waals surface area contributed by atoms with Crippen LogP contribution in [0.3, 0.4) is 0 Å². The van der Waals surface area contributed by atoms with Crippen molar-refractivity contribution in [3.05, 3.63) is 35.5 Å². The van der Waals surface area contributed by atoms with Crippen molar-refractivity contribution in [1.29, 1.82) is 0 Å². The molecule has 122 valence electrons. The normalized spacial score (nSPS) is 38.1. The van der Waals surface area contributed by atoms with Crippen LogP contribution in [0.5, 0.6) is 0 Å². The summed E-state index contributed by atoms with van der Waals surface area (Å²) in [6.07, 6.45) is 11.7. The SMILES string of the molecule is CC(C)=CCCC1(C)C2C=C(C)C(=O)C=CC(C)(O)CCC21. The van der Waals surface area contributed by atoms with Gasteiger partial charge in [0.15, 0.2) is 5.78 Å². The van der Waals surface area contributed by atoms with E-state index in [1.807, 2.05) is 6.92 Å². The van der Waals surface area contributed by atoms with Gasteiger partial charge in [-0.25, -0.2) is 0 Å². The molecule has 22 heavy (non-hydrogen) atoms. The number of carbonyl (C=O) groups excluding carboxylic acids is 1. The van der Waals surface area contributed by atoms with Gasteiger partial charge in [-0.1, -0.05) is 24.6 Å². The number of ketones is 1. The second-order valence-electron chi connectivity index (χ2n) is 7.90. The zero-order chi connectivity index (χ0) is 16.5. The molecule has 0 radical (unpaired) electrons. The van der Waals surface area contributed by atoms with Crippen molar-refractivity contribution in [2.45, 2.75) is 65.9 Å². The van der Waals surface area contributed by atoms with E-state index in [1.54, 1.807) is 13.0 Å². The molecule has 1 fully saturated rings. The molecule has 0 saturated heterocycles. The first-order chi connectivity index (χ1) is 10.2. The first-order valence-corrected chi connectivity index (χ1v) is 8.43. The van der Waals surface area contributed by atoms with Crippen LogP contribution in [0.1, 0.15) is 60.3 Å². The summed E-state index contributed by atoms with van der Waals surface area (Å²) in [5.74, 6) is 1.09. The van der Waals surface area contributed by atoms with Crippen molar-refractivity contribution in [3.63, 3.8) is 0 Å². The number of aliphatic hydroxyl groups is 1. The van der Waals surface area contributed by atoms with Crippen LogP contribution < -0.4 is 0 Å². The maximum Gasteiger partial charge on any atom is 0.181 e. The average Bonchev–Trinajstić information content (AvgIpc) is 2.96. The molecule has 2 nitrogen and oxygen atoms in total. The summed E-state index contributed by atoms with van der Waals surface area (Å²) in [6, 6.07) is 0. The third-order valence-electron chi connectivity index (χ3n) is 5.54. The summed E-state index contributed by atoms with van der Waals surface area (Å²) in [7, 11) is 0. The van der Waals surface area contributed by atoms with E-state index in [4.69, 9.17) is 0 Å². The molecule has 0 bridgehead atoms. The van der Waals surface area contributed by atoms with E-state index in [0.29, 0.717) is 11.8 Å². The third-order valence-corrected chi connectivity index (χ3v) is 5.54. The molecule has 2 aliphatic rings. The van der Waals surface area contributed by atoms with E-state index in [-0.39, 0.29) is 11.2 Å². The first kappa shape index (κ1) is 17.2. The van der Waals surface area contributed by atoms with E-state index in [9.17, 15) is 9.90 Å². The molecule has 1 saturated carbocycles. The fourth-order valence-electron chi connectivity index (χ4n) is 3.81. The van der Waals surface area contributed by atoms with E-state index in [2.05, 4.69) is 32.9 Å². The highest BCUT2D eigenvalue weighted by atomic mass is 16.3. The molecule has 2 rings (SSSR count). The monoisotopic (exact) mass is 302 g/mol. The quantitative estimate of drug-likeness (QED) is 0.773. The van der Waals surface area contributed by atoms with Gasteiger partial charge >= 0.3 is 0 Å². The summed E-state index contributed by atoms with van der Waals surface area (Å²) in [5, 5.41) is 10.4. The van der Waals surface area contributed by atoms with Gasteiger partial charge in [0, 0.05) is 0 Å². The van der Waals surface area contributed by atoms with Crippen LogP contribution in [-0.4, -0.2) is 16.5 Å². The van der Waals surface area contributed by atoms with E-state index in [1.165, 1.54) is 11.6 Å². The van der Waals surface area contributed by atoms with Crippen LogP contribution >= 0.6 is 0 Å². The summed E-state index contributed by atoms with van der Waals surface area (Å²) in [5.41, 5.74) is 1.58. The highest BCUT2D eigenvalue weighted by Gasteiger charge is 2.58. The van der Waals surface area contributed by atoms with Gasteiger partial charge in [0.25, 0.3) is 0 Å². The Bertz CT molecular complexity index is 532. The van der Waals surface area contributed by atoms with Crippen molar-refractivity contribution in [2.75, 3.05) is 0 Å². The number of allylic oxidation sites excluding steroid dienone is 5. The summed E-state index contributed by atoms with van der Waals surface area (Å²) in [4.78, 5) is 12.1. The lowest BCUT2D eigenvalue weighted by molar-refractivity contribution is -0.111. The maximum absolute atomic E-state index is 12.1. The van der Waals surface area contributed by atoms with Gasteiger partial charge in [-0.2, -0.15) is 0 Å². The summed E-state index contributed by atoms with van der Waals surface area (Å²) >= 11 is 0. The molecule has 1 N–H and O–H groups in total. The van der Waals surface area contributed by atoms with E-state index >= 15 is 0 Å². The first-order valence-electron chi connectivity index (χ1n) is 8.43. The molecular weight excluding hydrogens is 272 g/mol. The molecule has 4 atom stereocenters. The zero-order valence-electron chi connectivity index (χ0n) is 14.6. The predicted octanol–water partition coefficient (Wildman–Crippen LogP) is 4.60. The van der Waals surface area contributed by atoms with Crippen molar-refractivity contribution in [1.82, 2.24) is 0 Å². The van der Waals surface area contributed by atoms with Crippen LogP contribution in [0.15, 0.2) is 35.5 Å². The molecule has 0 aromatic rings. The molecule has 0 aromatic heterocycles. The minimum atomic E-state index is -0.874. The molecule has 0 spiro atoms. The molecule has 2 heteroatoms. The molecule has 4 unspecified atom stereocenters. The van der Waals surface area contributed by atoms with Crippen LogP contribution in [0.25, 0.3) is 0 Å². The van der Waals surface area contributed by atoms with Crippen LogP contribution in [0.4, 0.5) is 0 Å². The van der Waals surface area contributed by atoms with Gasteiger partial charge in [0.05, 0.1) is 5.60 Å². The standard InChI is InChI=1S/C20H30O2/c1-14(2)7-6-10-20(5)16-8-11-19(4,22)12-9-18(21)15(3)13-17(16)20/h7,9,12-13,16-17,22H,6,8,10-11H2,1-5H3. The molecule has 0 aliphatic heterocycles. The Morgan fingerprint density at radius 1 is 1.41 bits per heavy atom. The fraction of sp³-hybridized carbons (Fsp3) is 0.650. The van der Waals surface area contributed by atoms with Crippen molar-refractivity contribution < 1.29 is 9.90 Å². The Morgan fingerprint density at radius 2 is 2.09 bits per heavy atom. The Kier molecular flexibility index (Phi) is 4.81. The van der Waals surface area contributed by atoms with Gasteiger partial charge in [0.2, 0.25) is 0 Å². The smallest absolute Gasteiger partial charge is 0.181 e. The van der Waals surface area contributed by atoms with Gasteiger partial charge in [0.1, 0.15) is 0 Å². The Morgan fingerprint density at radius 3 is 2.73 bits per heavy atom. The average molecular weight is 302 g/mol. The van der Waals surface area contributed by atoms with Crippen LogP contribution in [0, 0.1) is 17.3 Å². The number of carbonyl (C=O) groups is 1. The highest BCUT2D eigenvalue weighted by molar-refractivity contribution is 6.03. The second-order valence-corrected chi connectivity index (χ2v) is 7.90. The molecule has 0 heterocycles. The molecular formula is C20H30O2. The molecule has 0 aromatic carbocycles. The Balaban J connectivity index is 2.18. The topological polar surface area (TPSA) is 37.3 Å². The summed E-state index contributed by atoms with van der Waals surface area (Å²) in [6.45, 7) is 10.3. The second kappa shape index (κ2) is 6.16. The van der Waals surface area contributed by atoms with Crippen molar-refractivity contribution in [2.24, 2.45) is 17.3 Å². The van der Waals surface area contributed by atoms with Gasteiger partial charge in [-0.05, 0) is 88.4 Å². The number of rotatable bonds is 3.